The number of rotatable bonds is 7. The average Bonchev–Trinajstić information content (AvgIpc) is 2.77. The third-order valence-corrected chi connectivity index (χ3v) is 2.70. The molecule has 2 heteroatoms. The van der Waals surface area contributed by atoms with Crippen molar-refractivity contribution < 1.29 is 0 Å². The summed E-state index contributed by atoms with van der Waals surface area (Å²) in [5.74, 6) is 0. The van der Waals surface area contributed by atoms with Crippen LogP contribution in [0.2, 0.25) is 0 Å². The van der Waals surface area contributed by atoms with Gasteiger partial charge in [-0.15, -0.1) is 0 Å². The highest BCUT2D eigenvalue weighted by molar-refractivity contribution is 4.82. The molecule has 0 aliphatic carbocycles. The zero-order valence-electron chi connectivity index (χ0n) is 9.42. The van der Waals surface area contributed by atoms with Gasteiger partial charge in [0.25, 0.3) is 0 Å². The topological polar surface area (TPSA) is 6.02 Å². The van der Waals surface area contributed by atoms with Crippen LogP contribution in [0.25, 0.3) is 0 Å². The van der Waals surface area contributed by atoms with Crippen molar-refractivity contribution in [3.05, 3.63) is 0 Å². The van der Waals surface area contributed by atoms with Crippen LogP contribution in [0.4, 0.5) is 0 Å². The molecule has 3 unspecified atom stereocenters. The molecule has 0 aromatic carbocycles. The molecule has 1 saturated heterocycles. The summed E-state index contributed by atoms with van der Waals surface area (Å²) in [6, 6.07) is 0. The van der Waals surface area contributed by atoms with E-state index in [2.05, 4.69) is 30.8 Å². The Morgan fingerprint density at radius 1 is 0.846 bits per heavy atom. The maximum atomic E-state index is 2.55. The smallest absolute Gasteiger partial charge is 0.0894 e. The Morgan fingerprint density at radius 2 is 1.54 bits per heavy atom. The molecule has 0 amide bonds. The van der Waals surface area contributed by atoms with E-state index >= 15 is 0 Å². The van der Waals surface area contributed by atoms with Crippen LogP contribution in [-0.2, 0) is 0 Å². The molecule has 1 aliphatic rings. The van der Waals surface area contributed by atoms with Gasteiger partial charge in [0.1, 0.15) is 0 Å². The van der Waals surface area contributed by atoms with Crippen LogP contribution < -0.4 is 0 Å². The Hall–Kier alpha value is -0.0800. The highest BCUT2D eigenvalue weighted by Crippen LogP contribution is 2.30. The van der Waals surface area contributed by atoms with Gasteiger partial charge >= 0.3 is 0 Å². The minimum atomic E-state index is 0.788. The summed E-state index contributed by atoms with van der Waals surface area (Å²) in [5.41, 5.74) is 0. The van der Waals surface area contributed by atoms with Gasteiger partial charge in [0.15, 0.2) is 0 Å². The van der Waals surface area contributed by atoms with Crippen molar-refractivity contribution in [3.8, 4) is 0 Å². The van der Waals surface area contributed by atoms with Crippen molar-refractivity contribution in [1.82, 2.24) is 10.0 Å². The van der Waals surface area contributed by atoms with Crippen molar-refractivity contribution in [2.75, 3.05) is 13.1 Å². The van der Waals surface area contributed by atoms with Crippen LogP contribution in [0.5, 0.6) is 0 Å². The predicted molar refractivity (Wildman–Crippen MR) is 57.3 cm³/mol. The normalized spacial score (nSPS) is 32.1. The number of unbranched alkanes of at least 4 members (excludes halogenated alkanes) is 1. The van der Waals surface area contributed by atoms with E-state index in [1.54, 1.807) is 0 Å². The molecule has 2 nitrogen and oxygen atoms in total. The van der Waals surface area contributed by atoms with Gasteiger partial charge < -0.3 is 0 Å². The Labute approximate surface area is 82.9 Å². The molecule has 1 rings (SSSR count). The van der Waals surface area contributed by atoms with Gasteiger partial charge in [-0.2, -0.15) is 0 Å². The van der Waals surface area contributed by atoms with E-state index in [1.165, 1.54) is 45.2 Å². The molecule has 1 fully saturated rings. The summed E-state index contributed by atoms with van der Waals surface area (Å²) in [7, 11) is 0. The summed E-state index contributed by atoms with van der Waals surface area (Å²) >= 11 is 0. The van der Waals surface area contributed by atoms with E-state index in [4.69, 9.17) is 0 Å². The van der Waals surface area contributed by atoms with E-state index in [0.717, 1.165) is 6.17 Å². The lowest BCUT2D eigenvalue weighted by Crippen LogP contribution is -2.09. The maximum absolute atomic E-state index is 2.55. The minimum Gasteiger partial charge on any atom is -0.222 e. The fourth-order valence-electron chi connectivity index (χ4n) is 1.95. The molecule has 0 radical (unpaired) electrons. The lowest BCUT2D eigenvalue weighted by Gasteiger charge is -2.00. The Balaban J connectivity index is 2.20. The molecular weight excluding hydrogens is 160 g/mol. The van der Waals surface area contributed by atoms with Crippen LogP contribution in [0.1, 0.15) is 52.9 Å². The second-order valence-corrected chi connectivity index (χ2v) is 3.95. The Bertz CT molecular complexity index is 124. The largest absolute Gasteiger partial charge is 0.222 e. The van der Waals surface area contributed by atoms with Crippen molar-refractivity contribution in [3.63, 3.8) is 0 Å². The van der Waals surface area contributed by atoms with Crippen LogP contribution in [0, 0.1) is 0 Å². The van der Waals surface area contributed by atoms with Gasteiger partial charge in [-0.3, -0.25) is 0 Å². The number of hydrogen-bond acceptors (Lipinski definition) is 2. The second kappa shape index (κ2) is 5.61. The van der Waals surface area contributed by atoms with Gasteiger partial charge in [0.05, 0.1) is 6.17 Å². The van der Waals surface area contributed by atoms with Crippen molar-refractivity contribution in [1.29, 1.82) is 0 Å². The zero-order chi connectivity index (χ0) is 9.68. The highest BCUT2D eigenvalue weighted by atomic mass is 15.9. The molecule has 0 N–H and O–H groups in total. The number of nitrogens with zero attached hydrogens (tertiary/aromatic N) is 2. The Kier molecular flexibility index (Phi) is 4.74. The third-order valence-electron chi connectivity index (χ3n) is 2.70. The lowest BCUT2D eigenvalue weighted by molar-refractivity contribution is 0.302. The first kappa shape index (κ1) is 11.0. The first-order valence-electron chi connectivity index (χ1n) is 5.88. The van der Waals surface area contributed by atoms with Crippen LogP contribution >= 0.6 is 0 Å². The molecule has 3 atom stereocenters. The van der Waals surface area contributed by atoms with Crippen molar-refractivity contribution >= 4 is 0 Å². The monoisotopic (exact) mass is 184 g/mol. The molecule has 78 valence electrons. The summed E-state index contributed by atoms with van der Waals surface area (Å²) in [6.07, 6.45) is 7.40. The standard InChI is InChI=1S/C11H24N2/c1-4-7-10-13-11(8-5-2)12(13)9-6-3/h11H,4-10H2,1-3H3. The number of hydrazine groups is 1. The van der Waals surface area contributed by atoms with Gasteiger partial charge in [-0.05, 0) is 19.3 Å². The molecule has 0 bridgehead atoms. The first-order chi connectivity index (χ1) is 6.35. The molecule has 13 heavy (non-hydrogen) atoms. The minimum absolute atomic E-state index is 0.788. The van der Waals surface area contributed by atoms with E-state index < -0.39 is 0 Å². The second-order valence-electron chi connectivity index (χ2n) is 3.95. The quantitative estimate of drug-likeness (QED) is 0.561. The lowest BCUT2D eigenvalue weighted by atomic mass is 10.3. The van der Waals surface area contributed by atoms with Crippen molar-refractivity contribution in [2.24, 2.45) is 0 Å². The van der Waals surface area contributed by atoms with Crippen LogP contribution in [0.15, 0.2) is 0 Å². The fourth-order valence-corrected chi connectivity index (χ4v) is 1.95. The first-order valence-corrected chi connectivity index (χ1v) is 5.88. The SMILES string of the molecule is CCCCN1C(CCC)N1CCC. The average molecular weight is 184 g/mol. The molecule has 1 heterocycles. The highest BCUT2D eigenvalue weighted by Gasteiger charge is 2.42. The third kappa shape index (κ3) is 2.96. The maximum Gasteiger partial charge on any atom is 0.0894 e. The summed E-state index contributed by atoms with van der Waals surface area (Å²) in [4.78, 5) is 0. The van der Waals surface area contributed by atoms with Gasteiger partial charge in [0, 0.05) is 13.1 Å². The molecule has 0 saturated carbocycles. The van der Waals surface area contributed by atoms with Crippen LogP contribution in [0.3, 0.4) is 0 Å². The predicted octanol–water partition coefficient (Wildman–Crippen LogP) is 2.86. The molecule has 0 spiro atoms. The summed E-state index contributed by atoms with van der Waals surface area (Å²) in [5, 5.41) is 5.09. The van der Waals surface area contributed by atoms with E-state index in [1.807, 2.05) is 0 Å². The van der Waals surface area contributed by atoms with Gasteiger partial charge in [-0.1, -0.05) is 33.6 Å². The summed E-state index contributed by atoms with van der Waals surface area (Å²) < 4.78 is 0. The molecule has 0 aromatic rings. The molecule has 1 aliphatic heterocycles. The van der Waals surface area contributed by atoms with E-state index in [0.29, 0.717) is 0 Å². The van der Waals surface area contributed by atoms with Crippen LogP contribution in [-0.4, -0.2) is 29.3 Å². The number of hydrogen-bond donors (Lipinski definition) is 0. The Morgan fingerprint density at radius 3 is 2.08 bits per heavy atom. The van der Waals surface area contributed by atoms with E-state index in [-0.39, 0.29) is 0 Å². The van der Waals surface area contributed by atoms with Gasteiger partial charge in [0.2, 0.25) is 0 Å². The van der Waals surface area contributed by atoms with E-state index in [9.17, 15) is 0 Å². The zero-order valence-corrected chi connectivity index (χ0v) is 9.42. The summed E-state index contributed by atoms with van der Waals surface area (Å²) in [6.45, 7) is 9.35. The van der Waals surface area contributed by atoms with Crippen molar-refractivity contribution in [2.45, 2.75) is 59.0 Å². The fraction of sp³-hybridized carbons (Fsp3) is 1.00. The molecular formula is C11H24N2. The van der Waals surface area contributed by atoms with Gasteiger partial charge in [-0.25, -0.2) is 10.0 Å². The molecule has 0 aromatic heterocycles.